The van der Waals surface area contributed by atoms with Gasteiger partial charge in [0.1, 0.15) is 17.2 Å². The van der Waals surface area contributed by atoms with Crippen molar-refractivity contribution >= 4 is 46.3 Å². The molecule has 3 amide bonds. The normalized spacial score (nSPS) is 16.9. The second kappa shape index (κ2) is 15.1. The molecule has 1 N–H and O–H groups in total. The van der Waals surface area contributed by atoms with Crippen LogP contribution in [0, 0.1) is 0 Å². The van der Waals surface area contributed by atoms with Crippen molar-refractivity contribution in [2.24, 2.45) is 0 Å². The highest BCUT2D eigenvalue weighted by Crippen LogP contribution is 2.36. The molecule has 0 aromatic heterocycles. The van der Waals surface area contributed by atoms with Gasteiger partial charge in [-0.05, 0) is 117 Å². The Morgan fingerprint density at radius 2 is 1.48 bits per heavy atom. The third kappa shape index (κ3) is 8.72. The summed E-state index contributed by atoms with van der Waals surface area (Å²) in [6.07, 6.45) is 4.99. The number of carbonyl (C=O) groups is 3. The second-order valence-electron chi connectivity index (χ2n) is 10.9. The van der Waals surface area contributed by atoms with Gasteiger partial charge in [-0.2, -0.15) is 0 Å². The molecule has 2 aliphatic rings. The van der Waals surface area contributed by atoms with Gasteiger partial charge in [0.25, 0.3) is 11.1 Å². The van der Waals surface area contributed by atoms with Crippen LogP contribution in [0.15, 0.2) is 77.7 Å². The number of carbonyl (C=O) groups excluding carboxylic acids is 3. The maximum atomic E-state index is 13.1. The van der Waals surface area contributed by atoms with Crippen LogP contribution < -0.4 is 19.7 Å². The molecule has 3 aromatic rings. The second-order valence-corrected chi connectivity index (χ2v) is 11.9. The molecule has 0 radical (unpaired) electrons. The van der Waals surface area contributed by atoms with Crippen LogP contribution in [-0.2, 0) is 9.59 Å². The van der Waals surface area contributed by atoms with Crippen LogP contribution in [-0.4, -0.2) is 73.2 Å². The van der Waals surface area contributed by atoms with E-state index >= 15 is 0 Å². The topological polar surface area (TPSA) is 91.4 Å². The molecule has 0 atom stereocenters. The molecule has 0 aliphatic carbocycles. The largest absolute Gasteiger partial charge is 0.494 e. The molecule has 3 aromatic carbocycles. The molecule has 230 valence electrons. The first-order valence-electron chi connectivity index (χ1n) is 14.9. The van der Waals surface area contributed by atoms with Crippen LogP contribution in [0.2, 0.25) is 0 Å². The minimum Gasteiger partial charge on any atom is -0.494 e. The summed E-state index contributed by atoms with van der Waals surface area (Å²) in [5, 5.41) is 2.38. The summed E-state index contributed by atoms with van der Waals surface area (Å²) < 4.78 is 11.8. The number of hydrogen-bond acceptors (Lipinski definition) is 8. The Hall–Kier alpha value is -4.12. The Kier molecular flexibility index (Phi) is 10.7. The Balaban J connectivity index is 1.08. The zero-order valence-electron chi connectivity index (χ0n) is 25.2. The van der Waals surface area contributed by atoms with Crippen LogP contribution >= 0.6 is 11.8 Å². The Labute approximate surface area is 262 Å². The van der Waals surface area contributed by atoms with Crippen LogP contribution in [0.1, 0.15) is 31.7 Å². The number of amides is 3. The summed E-state index contributed by atoms with van der Waals surface area (Å²) >= 11 is 0.920. The van der Waals surface area contributed by atoms with Gasteiger partial charge in [-0.1, -0.05) is 12.1 Å². The summed E-state index contributed by atoms with van der Waals surface area (Å²) in [7, 11) is 2.18. The van der Waals surface area contributed by atoms with E-state index in [2.05, 4.69) is 22.2 Å². The minimum atomic E-state index is -0.353. The first-order chi connectivity index (χ1) is 21.3. The van der Waals surface area contributed by atoms with Gasteiger partial charge in [-0.3, -0.25) is 14.4 Å². The van der Waals surface area contributed by atoms with Crippen molar-refractivity contribution in [1.29, 1.82) is 0 Å². The van der Waals surface area contributed by atoms with Crippen molar-refractivity contribution in [2.45, 2.75) is 26.2 Å². The third-order valence-electron chi connectivity index (χ3n) is 7.46. The molecular formula is C34H38N4O5S. The molecule has 0 unspecified atom stereocenters. The zero-order valence-corrected chi connectivity index (χ0v) is 26.0. The van der Waals surface area contributed by atoms with E-state index in [-0.39, 0.29) is 17.1 Å². The van der Waals surface area contributed by atoms with Crippen molar-refractivity contribution in [3.63, 3.8) is 0 Å². The highest BCUT2D eigenvalue weighted by atomic mass is 32.2. The minimum absolute atomic E-state index is 0.136. The molecule has 0 bridgehead atoms. The summed E-state index contributed by atoms with van der Waals surface area (Å²) in [5.74, 6) is 1.48. The van der Waals surface area contributed by atoms with Gasteiger partial charge in [-0.25, -0.2) is 4.90 Å². The number of nitrogens with one attached hydrogen (secondary N) is 1. The van der Waals surface area contributed by atoms with E-state index in [1.807, 2.05) is 12.1 Å². The van der Waals surface area contributed by atoms with E-state index in [0.29, 0.717) is 34.4 Å². The number of likely N-dealkylation sites (N-methyl/N-ethyl adjacent to an activating group) is 1. The van der Waals surface area contributed by atoms with E-state index in [4.69, 9.17) is 9.47 Å². The lowest BCUT2D eigenvalue weighted by Gasteiger charge is -2.32. The number of piperazine rings is 1. The fraction of sp³-hybridized carbons (Fsp3) is 0.324. The number of anilines is 2. The molecule has 9 nitrogen and oxygen atoms in total. The molecule has 2 saturated heterocycles. The lowest BCUT2D eigenvalue weighted by molar-refractivity contribution is -0.114. The van der Waals surface area contributed by atoms with Crippen LogP contribution in [0.3, 0.4) is 0 Å². The molecule has 44 heavy (non-hydrogen) atoms. The fourth-order valence-electron chi connectivity index (χ4n) is 4.99. The van der Waals surface area contributed by atoms with E-state index in [0.717, 1.165) is 68.6 Å². The fourth-order valence-corrected chi connectivity index (χ4v) is 5.83. The molecular weight excluding hydrogens is 576 g/mol. The number of rotatable bonds is 12. The summed E-state index contributed by atoms with van der Waals surface area (Å²) in [5.41, 5.74) is 1.98. The summed E-state index contributed by atoms with van der Waals surface area (Å²) in [4.78, 5) is 43.5. The van der Waals surface area contributed by atoms with E-state index in [9.17, 15) is 14.4 Å². The zero-order chi connectivity index (χ0) is 30.9. The van der Waals surface area contributed by atoms with Gasteiger partial charge >= 0.3 is 0 Å². The molecule has 2 fully saturated rings. The quantitative estimate of drug-likeness (QED) is 0.183. The third-order valence-corrected chi connectivity index (χ3v) is 8.33. The number of unbranched alkanes of at least 4 members (excludes halogenated alkanes) is 2. The van der Waals surface area contributed by atoms with Gasteiger partial charge in [0.2, 0.25) is 5.91 Å². The van der Waals surface area contributed by atoms with E-state index < -0.39 is 0 Å². The van der Waals surface area contributed by atoms with Crippen LogP contribution in [0.4, 0.5) is 16.2 Å². The van der Waals surface area contributed by atoms with Gasteiger partial charge in [0.05, 0.1) is 17.2 Å². The molecule has 10 heteroatoms. The van der Waals surface area contributed by atoms with Crippen molar-refractivity contribution in [3.8, 4) is 17.2 Å². The van der Waals surface area contributed by atoms with Crippen molar-refractivity contribution < 1.29 is 23.9 Å². The van der Waals surface area contributed by atoms with Crippen LogP contribution in [0.25, 0.3) is 6.08 Å². The Bertz CT molecular complexity index is 1470. The number of benzene rings is 3. The maximum Gasteiger partial charge on any atom is 0.298 e. The number of hydrogen-bond donors (Lipinski definition) is 1. The van der Waals surface area contributed by atoms with Gasteiger partial charge in [0.15, 0.2) is 0 Å². The highest BCUT2D eigenvalue weighted by molar-refractivity contribution is 8.19. The molecule has 2 heterocycles. The van der Waals surface area contributed by atoms with E-state index in [1.54, 1.807) is 66.7 Å². The van der Waals surface area contributed by atoms with Gasteiger partial charge in [-0.15, -0.1) is 0 Å². The van der Waals surface area contributed by atoms with Crippen LogP contribution in [0.5, 0.6) is 17.2 Å². The average Bonchev–Trinajstić information content (AvgIpc) is 3.29. The van der Waals surface area contributed by atoms with Crippen molar-refractivity contribution in [3.05, 3.63) is 83.3 Å². The smallest absolute Gasteiger partial charge is 0.298 e. The number of thioether (sulfide) groups is 1. The first kappa shape index (κ1) is 31.3. The first-order valence-corrected chi connectivity index (χ1v) is 15.7. The van der Waals surface area contributed by atoms with Gasteiger partial charge < -0.3 is 24.6 Å². The number of ether oxygens (including phenoxy) is 2. The predicted octanol–water partition coefficient (Wildman–Crippen LogP) is 6.47. The monoisotopic (exact) mass is 614 g/mol. The molecule has 5 rings (SSSR count). The molecule has 0 saturated carbocycles. The number of nitrogens with zero attached hydrogens (tertiary/aromatic N) is 3. The van der Waals surface area contributed by atoms with Crippen molar-refractivity contribution in [2.75, 3.05) is 56.6 Å². The van der Waals surface area contributed by atoms with Gasteiger partial charge in [0, 0.05) is 38.8 Å². The predicted molar refractivity (Wildman–Crippen MR) is 175 cm³/mol. The highest BCUT2D eigenvalue weighted by Gasteiger charge is 2.36. The summed E-state index contributed by atoms with van der Waals surface area (Å²) in [6, 6.07) is 21.4. The standard InChI is InChI=1S/C34H38N4O5S/c1-25(39)35-27-8-14-31(15-9-27)43-30-12-6-26(7-13-30)24-32-33(40)38(34(41)44-32)28-10-16-29(17-11-28)42-23-5-3-4-18-37-21-19-36(2)20-22-37/h6-17,24H,3-5,18-23H2,1-2H3,(H,35,39)/b32-24-. The molecule has 2 aliphatic heterocycles. The lowest BCUT2D eigenvalue weighted by atomic mass is 10.2. The lowest BCUT2D eigenvalue weighted by Crippen LogP contribution is -2.44. The SMILES string of the molecule is CC(=O)Nc1ccc(Oc2ccc(/C=C3\SC(=O)N(c4ccc(OCCCCCN5CCN(C)CC5)cc4)C3=O)cc2)cc1. The van der Waals surface area contributed by atoms with E-state index in [1.165, 1.54) is 18.2 Å². The Morgan fingerprint density at radius 1 is 0.841 bits per heavy atom. The number of imide groups is 1. The summed E-state index contributed by atoms with van der Waals surface area (Å²) in [6.45, 7) is 7.84. The maximum absolute atomic E-state index is 13.1. The molecule has 0 spiro atoms. The average molecular weight is 615 g/mol. The van der Waals surface area contributed by atoms with Crippen molar-refractivity contribution in [1.82, 2.24) is 9.80 Å². The Morgan fingerprint density at radius 3 is 2.14 bits per heavy atom.